The number of hydrogen-bond donors (Lipinski definition) is 3. The number of halogens is 1. The van der Waals surface area contributed by atoms with Crippen molar-refractivity contribution in [2.75, 3.05) is 18.4 Å². The molecule has 2 amide bonds. The third-order valence-corrected chi connectivity index (χ3v) is 2.54. The Hall–Kier alpha value is -1.59. The molecule has 1 rings (SSSR count). The van der Waals surface area contributed by atoms with Crippen LogP contribution < -0.4 is 16.4 Å². The Kier molecular flexibility index (Phi) is 5.61. The van der Waals surface area contributed by atoms with Gasteiger partial charge in [-0.1, -0.05) is 18.5 Å². The van der Waals surface area contributed by atoms with Crippen molar-refractivity contribution < 1.29 is 9.59 Å². The third-order valence-electron chi connectivity index (χ3n) is 2.23. The van der Waals surface area contributed by atoms with Crippen LogP contribution in [0.15, 0.2) is 18.2 Å². The first-order valence-corrected chi connectivity index (χ1v) is 6.02. The van der Waals surface area contributed by atoms with Crippen LogP contribution in [-0.4, -0.2) is 24.9 Å². The standard InChI is InChI=1S/C12H16ClN3O2/c1-2-5-15-7-11(17)16-8-3-4-9(12(14)18)10(13)6-8/h3-4,6,15H,2,5,7H2,1H3,(H2,14,18)(H,16,17). The molecule has 0 radical (unpaired) electrons. The van der Waals surface area contributed by atoms with Crippen LogP contribution in [0, 0.1) is 0 Å². The number of rotatable bonds is 6. The minimum absolute atomic E-state index is 0.161. The van der Waals surface area contributed by atoms with Crippen LogP contribution >= 0.6 is 11.6 Å². The number of nitrogens with one attached hydrogen (secondary N) is 2. The molecule has 0 fully saturated rings. The number of hydrogen-bond acceptors (Lipinski definition) is 3. The molecule has 5 nitrogen and oxygen atoms in total. The summed E-state index contributed by atoms with van der Waals surface area (Å²) in [5.74, 6) is -0.756. The van der Waals surface area contributed by atoms with E-state index >= 15 is 0 Å². The van der Waals surface area contributed by atoms with E-state index in [0.717, 1.165) is 13.0 Å². The number of amides is 2. The van der Waals surface area contributed by atoms with Crippen LogP contribution in [0.2, 0.25) is 5.02 Å². The lowest BCUT2D eigenvalue weighted by Crippen LogP contribution is -2.28. The minimum Gasteiger partial charge on any atom is -0.366 e. The van der Waals surface area contributed by atoms with E-state index in [9.17, 15) is 9.59 Å². The van der Waals surface area contributed by atoms with Gasteiger partial charge < -0.3 is 16.4 Å². The topological polar surface area (TPSA) is 84.2 Å². The Morgan fingerprint density at radius 1 is 1.39 bits per heavy atom. The summed E-state index contributed by atoms with van der Waals surface area (Å²) in [5.41, 5.74) is 5.90. The largest absolute Gasteiger partial charge is 0.366 e. The molecule has 0 bridgehead atoms. The predicted molar refractivity (Wildman–Crippen MR) is 71.8 cm³/mol. The Balaban J connectivity index is 2.60. The van der Waals surface area contributed by atoms with Gasteiger partial charge in [0, 0.05) is 5.69 Å². The summed E-state index contributed by atoms with van der Waals surface area (Å²) < 4.78 is 0. The van der Waals surface area contributed by atoms with Crippen molar-refractivity contribution in [1.29, 1.82) is 0 Å². The van der Waals surface area contributed by atoms with E-state index in [1.807, 2.05) is 6.92 Å². The molecular formula is C12H16ClN3O2. The lowest BCUT2D eigenvalue weighted by atomic mass is 10.2. The zero-order valence-corrected chi connectivity index (χ0v) is 10.9. The van der Waals surface area contributed by atoms with Gasteiger partial charge in [-0.2, -0.15) is 0 Å². The molecular weight excluding hydrogens is 254 g/mol. The molecule has 0 aliphatic carbocycles. The van der Waals surface area contributed by atoms with Gasteiger partial charge in [-0.05, 0) is 31.2 Å². The highest BCUT2D eigenvalue weighted by molar-refractivity contribution is 6.34. The van der Waals surface area contributed by atoms with Gasteiger partial charge in [-0.3, -0.25) is 9.59 Å². The first kappa shape index (κ1) is 14.5. The maximum atomic E-state index is 11.5. The van der Waals surface area contributed by atoms with Crippen LogP contribution in [0.25, 0.3) is 0 Å². The van der Waals surface area contributed by atoms with Gasteiger partial charge in [-0.25, -0.2) is 0 Å². The van der Waals surface area contributed by atoms with Crippen molar-refractivity contribution in [2.24, 2.45) is 5.73 Å². The highest BCUT2D eigenvalue weighted by Gasteiger charge is 2.08. The fraction of sp³-hybridized carbons (Fsp3) is 0.333. The lowest BCUT2D eigenvalue weighted by molar-refractivity contribution is -0.115. The number of benzene rings is 1. The molecule has 0 aromatic heterocycles. The summed E-state index contributed by atoms with van der Waals surface area (Å²) in [5, 5.41) is 5.87. The zero-order valence-electron chi connectivity index (χ0n) is 10.1. The molecule has 1 aromatic carbocycles. The van der Waals surface area contributed by atoms with E-state index in [1.165, 1.54) is 12.1 Å². The summed E-state index contributed by atoms with van der Waals surface area (Å²) in [7, 11) is 0. The number of primary amides is 1. The van der Waals surface area contributed by atoms with Gasteiger partial charge in [0.15, 0.2) is 0 Å². The Labute approximate surface area is 111 Å². The Bertz CT molecular complexity index is 449. The summed E-state index contributed by atoms with van der Waals surface area (Å²) in [6.07, 6.45) is 0.965. The molecule has 0 saturated heterocycles. The molecule has 0 heterocycles. The SMILES string of the molecule is CCCNCC(=O)Nc1ccc(C(N)=O)c(Cl)c1. The fourth-order valence-electron chi connectivity index (χ4n) is 1.38. The van der Waals surface area contributed by atoms with Crippen LogP contribution in [0.4, 0.5) is 5.69 Å². The smallest absolute Gasteiger partial charge is 0.250 e. The molecule has 0 spiro atoms. The highest BCUT2D eigenvalue weighted by Crippen LogP contribution is 2.20. The van der Waals surface area contributed by atoms with Gasteiger partial charge in [0.25, 0.3) is 0 Å². The molecule has 4 N–H and O–H groups in total. The van der Waals surface area contributed by atoms with Crippen molar-refractivity contribution >= 4 is 29.1 Å². The first-order chi connectivity index (χ1) is 8.54. The van der Waals surface area contributed by atoms with Crippen molar-refractivity contribution in [3.8, 4) is 0 Å². The number of nitrogens with two attached hydrogens (primary N) is 1. The maximum absolute atomic E-state index is 11.5. The second-order valence-corrected chi connectivity index (χ2v) is 4.19. The normalized spacial score (nSPS) is 10.1. The van der Waals surface area contributed by atoms with E-state index in [1.54, 1.807) is 6.07 Å². The molecule has 98 valence electrons. The highest BCUT2D eigenvalue weighted by atomic mass is 35.5. The molecule has 0 unspecified atom stereocenters. The first-order valence-electron chi connectivity index (χ1n) is 5.64. The Morgan fingerprint density at radius 2 is 2.11 bits per heavy atom. The predicted octanol–water partition coefficient (Wildman–Crippen LogP) is 1.38. The van der Waals surface area contributed by atoms with Crippen LogP contribution in [0.3, 0.4) is 0 Å². The van der Waals surface area contributed by atoms with Gasteiger partial charge in [0.05, 0.1) is 17.1 Å². The summed E-state index contributed by atoms with van der Waals surface area (Å²) in [6, 6.07) is 4.57. The molecule has 18 heavy (non-hydrogen) atoms. The van der Waals surface area contributed by atoms with E-state index < -0.39 is 5.91 Å². The third kappa shape index (κ3) is 4.35. The van der Waals surface area contributed by atoms with Crippen molar-refractivity contribution in [1.82, 2.24) is 5.32 Å². The molecule has 0 atom stereocenters. The van der Waals surface area contributed by atoms with Crippen molar-refractivity contribution in [3.05, 3.63) is 28.8 Å². The van der Waals surface area contributed by atoms with E-state index in [2.05, 4.69) is 10.6 Å². The van der Waals surface area contributed by atoms with Gasteiger partial charge in [0.2, 0.25) is 11.8 Å². The zero-order chi connectivity index (χ0) is 13.5. The summed E-state index contributed by atoms with van der Waals surface area (Å²) in [6.45, 7) is 3.05. The quantitative estimate of drug-likeness (QED) is 0.682. The molecule has 0 aliphatic heterocycles. The average molecular weight is 270 g/mol. The summed E-state index contributed by atoms with van der Waals surface area (Å²) in [4.78, 5) is 22.5. The maximum Gasteiger partial charge on any atom is 0.250 e. The monoisotopic (exact) mass is 269 g/mol. The number of carbonyl (C=O) groups is 2. The van der Waals surface area contributed by atoms with Gasteiger partial charge >= 0.3 is 0 Å². The minimum atomic E-state index is -0.595. The number of carbonyl (C=O) groups excluding carboxylic acids is 2. The van der Waals surface area contributed by atoms with Crippen LogP contribution in [0.1, 0.15) is 23.7 Å². The number of anilines is 1. The van der Waals surface area contributed by atoms with E-state index in [4.69, 9.17) is 17.3 Å². The molecule has 0 aliphatic rings. The molecule has 6 heteroatoms. The molecule has 0 saturated carbocycles. The van der Waals surface area contributed by atoms with Gasteiger partial charge in [0.1, 0.15) is 0 Å². The van der Waals surface area contributed by atoms with E-state index in [0.29, 0.717) is 5.69 Å². The molecule has 1 aromatic rings. The average Bonchev–Trinajstić information content (AvgIpc) is 2.28. The lowest BCUT2D eigenvalue weighted by Gasteiger charge is -2.07. The van der Waals surface area contributed by atoms with Crippen LogP contribution in [-0.2, 0) is 4.79 Å². The van der Waals surface area contributed by atoms with E-state index in [-0.39, 0.29) is 23.0 Å². The second-order valence-electron chi connectivity index (χ2n) is 3.78. The fourth-order valence-corrected chi connectivity index (χ4v) is 1.65. The van der Waals surface area contributed by atoms with Crippen molar-refractivity contribution in [3.63, 3.8) is 0 Å². The van der Waals surface area contributed by atoms with Crippen molar-refractivity contribution in [2.45, 2.75) is 13.3 Å². The van der Waals surface area contributed by atoms with Gasteiger partial charge in [-0.15, -0.1) is 0 Å². The summed E-state index contributed by atoms with van der Waals surface area (Å²) >= 11 is 5.87. The Morgan fingerprint density at radius 3 is 2.67 bits per heavy atom. The van der Waals surface area contributed by atoms with Crippen LogP contribution in [0.5, 0.6) is 0 Å². The second kappa shape index (κ2) is 6.98.